The van der Waals surface area contributed by atoms with Gasteiger partial charge in [0, 0.05) is 12.3 Å². The Morgan fingerprint density at radius 3 is 2.58 bits per heavy atom. The lowest BCUT2D eigenvalue weighted by molar-refractivity contribution is -0.149. The Labute approximate surface area is 223 Å². The van der Waals surface area contributed by atoms with Crippen molar-refractivity contribution < 1.29 is 33.0 Å². The van der Waals surface area contributed by atoms with E-state index in [1.54, 1.807) is 32.0 Å². The van der Waals surface area contributed by atoms with E-state index < -0.39 is 67.0 Å². The number of ether oxygens (including phenoxy) is 2. The normalized spacial score (nSPS) is 25.2. The first-order chi connectivity index (χ1) is 17.9. The molecule has 3 rings (SSSR count). The molecule has 1 aliphatic rings. The molecule has 14 heteroatoms. The summed E-state index contributed by atoms with van der Waals surface area (Å²) in [6.07, 6.45) is -3.37. The van der Waals surface area contributed by atoms with E-state index in [0.29, 0.717) is 0 Å². The number of para-hydroxylation sites is 1. The van der Waals surface area contributed by atoms with Crippen molar-refractivity contribution in [2.24, 2.45) is 0 Å². The quantitative estimate of drug-likeness (QED) is 0.167. The number of aromatic amines is 1. The van der Waals surface area contributed by atoms with Gasteiger partial charge in [0.1, 0.15) is 24.0 Å². The smallest absolute Gasteiger partial charge is 0.459 e. The van der Waals surface area contributed by atoms with Crippen LogP contribution in [0.2, 0.25) is 0 Å². The van der Waals surface area contributed by atoms with Gasteiger partial charge in [-0.25, -0.2) is 9.36 Å². The van der Waals surface area contributed by atoms with Crippen LogP contribution in [-0.2, 0) is 23.4 Å². The van der Waals surface area contributed by atoms with E-state index >= 15 is 0 Å². The molecule has 1 aromatic heterocycles. The molecule has 12 nitrogen and oxygen atoms in total. The largest absolute Gasteiger partial charge is 0.462 e. The number of nitrogens with one attached hydrogen (secondary N) is 2. The third-order valence-corrected chi connectivity index (χ3v) is 7.45. The van der Waals surface area contributed by atoms with Gasteiger partial charge < -0.3 is 19.1 Å². The fraction of sp³-hybridized carbons (Fsp3) is 0.458. The number of nitrogens with zero attached hydrogens (tertiary/aromatic N) is 1. The summed E-state index contributed by atoms with van der Waals surface area (Å²) in [6, 6.07) is 8.10. The fourth-order valence-electron chi connectivity index (χ4n) is 3.60. The maximum Gasteiger partial charge on any atom is 0.459 e. The monoisotopic (exact) mass is 569 g/mol. The lowest BCUT2D eigenvalue weighted by Crippen LogP contribution is -2.44. The third-order valence-electron chi connectivity index (χ3n) is 5.30. The zero-order valence-electron chi connectivity index (χ0n) is 21.1. The number of alkyl halides is 1. The van der Waals surface area contributed by atoms with Gasteiger partial charge in [0.2, 0.25) is 0 Å². The first-order valence-corrected chi connectivity index (χ1v) is 13.6. The number of carbonyl (C=O) groups is 1. The molecular weight excluding hydrogens is 541 g/mol. The third kappa shape index (κ3) is 6.94. The van der Waals surface area contributed by atoms with Crippen LogP contribution in [0.15, 0.2) is 52.2 Å². The van der Waals surface area contributed by atoms with Crippen LogP contribution >= 0.6 is 19.3 Å². The van der Waals surface area contributed by atoms with E-state index in [-0.39, 0.29) is 5.75 Å². The van der Waals surface area contributed by atoms with Crippen LogP contribution in [-0.4, -0.2) is 56.5 Å². The minimum Gasteiger partial charge on any atom is -0.462 e. The minimum atomic E-state index is -4.28. The predicted molar refractivity (Wildman–Crippen MR) is 138 cm³/mol. The molecule has 2 aromatic rings. The molecule has 3 N–H and O–H groups in total. The summed E-state index contributed by atoms with van der Waals surface area (Å²) in [4.78, 5) is 36.5. The van der Waals surface area contributed by atoms with Gasteiger partial charge >= 0.3 is 19.4 Å². The number of halogens is 1. The second-order valence-corrected chi connectivity index (χ2v) is 11.0. The van der Waals surface area contributed by atoms with Crippen molar-refractivity contribution in [1.82, 2.24) is 14.6 Å². The van der Waals surface area contributed by atoms with Gasteiger partial charge in [-0.05, 0) is 39.8 Å². The van der Waals surface area contributed by atoms with Gasteiger partial charge in [-0.1, -0.05) is 35.7 Å². The second-order valence-electron chi connectivity index (χ2n) is 8.67. The number of benzene rings is 1. The summed E-state index contributed by atoms with van der Waals surface area (Å²) in [5.74, 6) is 4.74. The molecule has 0 bridgehead atoms. The summed E-state index contributed by atoms with van der Waals surface area (Å²) in [5.41, 5.74) is -1.47. The van der Waals surface area contributed by atoms with E-state index in [2.05, 4.69) is 21.9 Å². The summed E-state index contributed by atoms with van der Waals surface area (Å²) >= 11 is 6.65. The second kappa shape index (κ2) is 12.3. The van der Waals surface area contributed by atoms with Crippen LogP contribution in [0.1, 0.15) is 33.9 Å². The zero-order valence-corrected chi connectivity index (χ0v) is 22.8. The number of carbonyl (C=O) groups excluding carboxylic acids is 1. The number of aliphatic hydroxyl groups is 1. The Bertz CT molecular complexity index is 1350. The average Bonchev–Trinajstić information content (AvgIpc) is 3.08. The van der Waals surface area contributed by atoms with Crippen LogP contribution in [0.3, 0.4) is 0 Å². The maximum atomic E-state index is 13.7. The van der Waals surface area contributed by atoms with Crippen molar-refractivity contribution in [1.29, 1.82) is 0 Å². The van der Waals surface area contributed by atoms with Gasteiger partial charge in [-0.3, -0.25) is 23.7 Å². The van der Waals surface area contributed by atoms with Crippen molar-refractivity contribution >= 4 is 25.3 Å². The summed E-state index contributed by atoms with van der Waals surface area (Å²) < 4.78 is 36.9. The topological polar surface area (TPSA) is 158 Å². The number of aromatic nitrogens is 2. The van der Waals surface area contributed by atoms with E-state index in [4.69, 9.17) is 30.1 Å². The van der Waals surface area contributed by atoms with Crippen LogP contribution < -0.4 is 20.9 Å². The van der Waals surface area contributed by atoms with E-state index in [9.17, 15) is 24.1 Å². The first kappa shape index (κ1) is 29.6. The summed E-state index contributed by atoms with van der Waals surface area (Å²) in [6.45, 7) is 5.70. The Balaban J connectivity index is 1.86. The highest BCUT2D eigenvalue weighted by molar-refractivity contribution is 7.52. The van der Waals surface area contributed by atoms with Crippen LogP contribution in [0.25, 0.3) is 0 Å². The predicted octanol–water partition coefficient (Wildman–Crippen LogP) is 1.93. The van der Waals surface area contributed by atoms with Crippen LogP contribution in [0.5, 0.6) is 5.75 Å². The molecule has 2 heterocycles. The molecule has 0 spiro atoms. The number of rotatable bonds is 10. The Morgan fingerprint density at radius 1 is 1.29 bits per heavy atom. The number of esters is 1. The van der Waals surface area contributed by atoms with E-state index in [0.717, 1.165) is 16.8 Å². The average molecular weight is 570 g/mol. The molecule has 0 amide bonds. The standard InChI is InChI=1S/C24H29ClN3O9P/c1-5-12-24(25)20(30)18(36-22(24)28-13-11-19(29)26-23(28)32)14-34-38(33,37-17-9-7-6-8-10-17)27-16(4)21(31)35-15(2)3/h6-11,13,15-16,18,20,22,30H,14H2,1-4H3,(H,27,33)(H,26,29,32)/t16-,18+,20-,22+,24+,38?/m0/s1. The van der Waals surface area contributed by atoms with Crippen molar-refractivity contribution in [3.63, 3.8) is 0 Å². The molecule has 1 fully saturated rings. The highest BCUT2D eigenvalue weighted by Gasteiger charge is 2.56. The van der Waals surface area contributed by atoms with Crippen molar-refractivity contribution in [3.05, 3.63) is 63.4 Å². The van der Waals surface area contributed by atoms with Crippen LogP contribution in [0.4, 0.5) is 0 Å². The molecule has 1 unspecified atom stereocenters. The number of hydrogen-bond acceptors (Lipinski definition) is 9. The van der Waals surface area contributed by atoms with Crippen molar-refractivity contribution in [3.8, 4) is 17.6 Å². The number of hydrogen-bond donors (Lipinski definition) is 3. The minimum absolute atomic E-state index is 0.182. The van der Waals surface area contributed by atoms with E-state index in [1.807, 2.05) is 0 Å². The Kier molecular flexibility index (Phi) is 9.59. The highest BCUT2D eigenvalue weighted by atomic mass is 35.5. The molecule has 0 saturated carbocycles. The SMILES string of the molecule is CC#C[C@@]1(Cl)[C@@H](O)[C@@H](COP(=O)(N[C@@H](C)C(=O)OC(C)C)Oc2ccccc2)O[C@H]1n1ccc(=O)[nH]c1=O. The van der Waals surface area contributed by atoms with Crippen LogP contribution in [0, 0.1) is 11.8 Å². The number of aliphatic hydroxyl groups excluding tert-OH is 1. The van der Waals surface area contributed by atoms with Gasteiger partial charge in [-0.15, -0.1) is 5.92 Å². The Hall–Kier alpha value is -2.91. The van der Waals surface area contributed by atoms with Gasteiger partial charge in [0.05, 0.1) is 12.7 Å². The lowest BCUT2D eigenvalue weighted by Gasteiger charge is -2.26. The number of H-pyrrole nitrogens is 1. The van der Waals surface area contributed by atoms with Gasteiger partial charge in [0.15, 0.2) is 11.1 Å². The maximum absolute atomic E-state index is 13.7. The first-order valence-electron chi connectivity index (χ1n) is 11.6. The zero-order chi connectivity index (χ0) is 28.1. The van der Waals surface area contributed by atoms with Crippen molar-refractivity contribution in [2.45, 2.75) is 63.2 Å². The summed E-state index contributed by atoms with van der Waals surface area (Å²) in [7, 11) is -4.28. The van der Waals surface area contributed by atoms with Crippen molar-refractivity contribution in [2.75, 3.05) is 6.61 Å². The molecule has 1 aliphatic heterocycles. The highest BCUT2D eigenvalue weighted by Crippen LogP contribution is 2.48. The molecule has 38 heavy (non-hydrogen) atoms. The molecule has 206 valence electrons. The Morgan fingerprint density at radius 2 is 1.97 bits per heavy atom. The fourth-order valence-corrected chi connectivity index (χ4v) is 5.49. The molecule has 6 atom stereocenters. The molecule has 1 saturated heterocycles. The molecule has 1 aromatic carbocycles. The van der Waals surface area contributed by atoms with Gasteiger partial charge in [-0.2, -0.15) is 5.09 Å². The summed E-state index contributed by atoms with van der Waals surface area (Å²) in [5, 5.41) is 13.6. The van der Waals surface area contributed by atoms with Gasteiger partial charge in [0.25, 0.3) is 5.56 Å². The molecule has 0 radical (unpaired) electrons. The molecular formula is C24H29ClN3O9P. The molecule has 0 aliphatic carbocycles. The van der Waals surface area contributed by atoms with E-state index in [1.165, 1.54) is 26.0 Å². The lowest BCUT2D eigenvalue weighted by atomic mass is 9.99.